The fraction of sp³-hybridized carbons (Fsp3) is 0.179. The summed E-state index contributed by atoms with van der Waals surface area (Å²) in [6.45, 7) is 1.18. The van der Waals surface area contributed by atoms with Crippen molar-refractivity contribution in [1.29, 1.82) is 0 Å². The van der Waals surface area contributed by atoms with Gasteiger partial charge in [0.15, 0.2) is 0 Å². The first-order valence-corrected chi connectivity index (χ1v) is 11.4. The van der Waals surface area contributed by atoms with Crippen LogP contribution in [0.15, 0.2) is 78.9 Å². The molecule has 176 valence electrons. The first-order valence-electron chi connectivity index (χ1n) is 11.4. The molecular weight excluding hydrogens is 444 g/mol. The van der Waals surface area contributed by atoms with E-state index in [4.69, 9.17) is 9.84 Å². The van der Waals surface area contributed by atoms with Crippen LogP contribution in [0.2, 0.25) is 0 Å². The number of carboxylic acid groups (broad SMARTS) is 1. The number of hydrogen-bond donors (Lipinski definition) is 2. The molecule has 2 aliphatic rings. The lowest BCUT2D eigenvalue weighted by Crippen LogP contribution is -2.27. The molecule has 0 spiro atoms. The smallest absolute Gasteiger partial charge is 0.407 e. The maximum atomic E-state index is 12.5. The van der Waals surface area contributed by atoms with Crippen molar-refractivity contribution in [3.05, 3.63) is 107 Å². The number of hydrogen-bond acceptors (Lipinski definition) is 4. The Morgan fingerprint density at radius 3 is 2.29 bits per heavy atom. The molecule has 5 rings (SSSR count). The van der Waals surface area contributed by atoms with E-state index in [0.717, 1.165) is 22.3 Å². The largest absolute Gasteiger partial charge is 0.478 e. The van der Waals surface area contributed by atoms with Crippen molar-refractivity contribution in [3.8, 4) is 11.1 Å². The van der Waals surface area contributed by atoms with Crippen molar-refractivity contribution in [2.45, 2.75) is 19.0 Å². The lowest BCUT2D eigenvalue weighted by atomic mass is 9.98. The Hall–Kier alpha value is -4.39. The molecule has 35 heavy (non-hydrogen) atoms. The van der Waals surface area contributed by atoms with E-state index in [1.54, 1.807) is 29.2 Å². The zero-order valence-corrected chi connectivity index (χ0v) is 18.9. The second-order valence-electron chi connectivity index (χ2n) is 8.59. The molecule has 0 bridgehead atoms. The second kappa shape index (κ2) is 9.46. The van der Waals surface area contributed by atoms with Crippen molar-refractivity contribution in [1.82, 2.24) is 10.2 Å². The number of nitrogens with zero attached hydrogens (tertiary/aromatic N) is 1. The summed E-state index contributed by atoms with van der Waals surface area (Å²) < 4.78 is 5.49. The van der Waals surface area contributed by atoms with E-state index in [2.05, 4.69) is 29.6 Å². The molecule has 0 saturated carbocycles. The van der Waals surface area contributed by atoms with Crippen LogP contribution >= 0.6 is 0 Å². The van der Waals surface area contributed by atoms with Gasteiger partial charge in [0.05, 0.1) is 5.56 Å². The van der Waals surface area contributed by atoms with Gasteiger partial charge in [-0.05, 0) is 45.5 Å². The van der Waals surface area contributed by atoms with Crippen LogP contribution in [0.25, 0.3) is 11.1 Å². The van der Waals surface area contributed by atoms with E-state index in [-0.39, 0.29) is 30.5 Å². The van der Waals surface area contributed by atoms with Crippen LogP contribution in [0.3, 0.4) is 0 Å². The van der Waals surface area contributed by atoms with E-state index >= 15 is 0 Å². The van der Waals surface area contributed by atoms with Gasteiger partial charge < -0.3 is 20.1 Å². The molecule has 0 atom stereocenters. The number of aromatic carboxylic acids is 1. The van der Waals surface area contributed by atoms with Crippen LogP contribution in [-0.4, -0.2) is 41.1 Å². The van der Waals surface area contributed by atoms with Gasteiger partial charge >= 0.3 is 12.1 Å². The van der Waals surface area contributed by atoms with Gasteiger partial charge in [0.1, 0.15) is 6.61 Å². The van der Waals surface area contributed by atoms with Crippen LogP contribution < -0.4 is 5.32 Å². The maximum Gasteiger partial charge on any atom is 0.407 e. The summed E-state index contributed by atoms with van der Waals surface area (Å²) in [4.78, 5) is 37.5. The fourth-order valence-electron chi connectivity index (χ4n) is 4.74. The molecule has 2 amide bonds. The standard InChI is InChI=1S/C28H24N2O5/c31-26(30-15-19-12-11-18(27(32)33)14-20(19)16-30)10-5-13-29-28(34)35-17-25-23-8-3-1-6-21(23)22-7-2-4-9-24(22)25/h1-12,14,25H,13,15-17H2,(H,29,34)(H,32,33)/b10-5+. The Labute approximate surface area is 202 Å². The van der Waals surface area contributed by atoms with Crippen LogP contribution in [0, 0.1) is 0 Å². The highest BCUT2D eigenvalue weighted by Crippen LogP contribution is 2.44. The van der Waals surface area contributed by atoms with E-state index in [0.29, 0.717) is 13.1 Å². The van der Waals surface area contributed by atoms with E-state index in [1.165, 1.54) is 17.2 Å². The molecule has 3 aromatic rings. The molecule has 7 nitrogen and oxygen atoms in total. The molecule has 1 aliphatic carbocycles. The number of ether oxygens (including phenoxy) is 1. The second-order valence-corrected chi connectivity index (χ2v) is 8.59. The molecule has 0 unspecified atom stereocenters. The van der Waals surface area contributed by atoms with Crippen molar-refractivity contribution in [2.24, 2.45) is 0 Å². The number of rotatable bonds is 6. The zero-order valence-electron chi connectivity index (χ0n) is 18.9. The van der Waals surface area contributed by atoms with Crippen LogP contribution in [0.1, 0.15) is 38.5 Å². The monoisotopic (exact) mass is 468 g/mol. The number of nitrogens with one attached hydrogen (secondary N) is 1. The summed E-state index contributed by atoms with van der Waals surface area (Å²) >= 11 is 0. The quantitative estimate of drug-likeness (QED) is 0.525. The molecule has 7 heteroatoms. The molecular formula is C28H24N2O5. The summed E-state index contributed by atoms with van der Waals surface area (Å²) in [5.41, 5.74) is 6.62. The molecule has 1 heterocycles. The van der Waals surface area contributed by atoms with E-state index in [9.17, 15) is 14.4 Å². The average Bonchev–Trinajstić information content (AvgIpc) is 3.44. The fourth-order valence-corrected chi connectivity index (χ4v) is 4.74. The highest BCUT2D eigenvalue weighted by molar-refractivity contribution is 5.89. The molecule has 2 N–H and O–H groups in total. The number of carboxylic acids is 1. The first-order chi connectivity index (χ1) is 17.0. The summed E-state index contributed by atoms with van der Waals surface area (Å²) in [7, 11) is 0. The Balaban J connectivity index is 1.11. The molecule has 0 saturated heterocycles. The maximum absolute atomic E-state index is 12.5. The lowest BCUT2D eigenvalue weighted by molar-refractivity contribution is -0.126. The summed E-state index contributed by atoms with van der Waals surface area (Å²) in [6, 6.07) is 21.2. The van der Waals surface area contributed by atoms with Gasteiger partial charge in [-0.15, -0.1) is 0 Å². The predicted octanol–water partition coefficient (Wildman–Crippen LogP) is 4.32. The SMILES string of the molecule is O=C(NC/C=C/C(=O)N1Cc2ccc(C(=O)O)cc2C1)OCC1c2ccccc2-c2ccccc21. The highest BCUT2D eigenvalue weighted by atomic mass is 16.5. The summed E-state index contributed by atoms with van der Waals surface area (Å²) in [5, 5.41) is 11.8. The molecule has 0 radical (unpaired) electrons. The first kappa shape index (κ1) is 22.4. The third-order valence-electron chi connectivity index (χ3n) is 6.46. The third kappa shape index (κ3) is 4.53. The number of carbonyl (C=O) groups excluding carboxylic acids is 2. The van der Waals surface area contributed by atoms with Crippen LogP contribution in [-0.2, 0) is 22.6 Å². The number of benzene rings is 3. The summed E-state index contributed by atoms with van der Waals surface area (Å²) in [5.74, 6) is -1.20. The Morgan fingerprint density at radius 1 is 0.943 bits per heavy atom. The number of fused-ring (bicyclic) bond motifs is 4. The van der Waals surface area contributed by atoms with Gasteiger partial charge in [-0.1, -0.05) is 60.7 Å². The van der Waals surface area contributed by atoms with E-state index in [1.807, 2.05) is 24.3 Å². The van der Waals surface area contributed by atoms with Gasteiger partial charge in [0.2, 0.25) is 5.91 Å². The number of alkyl carbamates (subject to hydrolysis) is 1. The van der Waals surface area contributed by atoms with Crippen LogP contribution in [0.5, 0.6) is 0 Å². The van der Waals surface area contributed by atoms with Crippen molar-refractivity contribution >= 4 is 18.0 Å². The normalized spacial score (nSPS) is 13.9. The van der Waals surface area contributed by atoms with Gasteiger partial charge in [-0.2, -0.15) is 0 Å². The molecule has 0 aromatic heterocycles. The average molecular weight is 469 g/mol. The summed E-state index contributed by atoms with van der Waals surface area (Å²) in [6.07, 6.45) is 2.45. The number of carbonyl (C=O) groups is 3. The zero-order chi connectivity index (χ0) is 24.4. The topological polar surface area (TPSA) is 95.9 Å². The molecule has 3 aromatic carbocycles. The Morgan fingerprint density at radius 2 is 1.60 bits per heavy atom. The van der Waals surface area contributed by atoms with Gasteiger partial charge in [-0.25, -0.2) is 9.59 Å². The van der Waals surface area contributed by atoms with Crippen molar-refractivity contribution in [3.63, 3.8) is 0 Å². The Bertz CT molecular complexity index is 1300. The molecule has 1 aliphatic heterocycles. The Kier molecular flexibility index (Phi) is 6.06. The van der Waals surface area contributed by atoms with Crippen molar-refractivity contribution in [2.75, 3.05) is 13.2 Å². The van der Waals surface area contributed by atoms with Gasteiger partial charge in [0.25, 0.3) is 0 Å². The van der Waals surface area contributed by atoms with Crippen molar-refractivity contribution < 1.29 is 24.2 Å². The van der Waals surface area contributed by atoms with E-state index < -0.39 is 12.1 Å². The highest BCUT2D eigenvalue weighted by Gasteiger charge is 2.29. The molecule has 0 fully saturated rings. The minimum atomic E-state index is -0.989. The van der Waals surface area contributed by atoms with Gasteiger partial charge in [0, 0.05) is 31.6 Å². The lowest BCUT2D eigenvalue weighted by Gasteiger charge is -2.14. The minimum absolute atomic E-state index is 0.0105. The van der Waals surface area contributed by atoms with Gasteiger partial charge in [-0.3, -0.25) is 4.79 Å². The van der Waals surface area contributed by atoms with Crippen LogP contribution in [0.4, 0.5) is 4.79 Å². The predicted molar refractivity (Wildman–Crippen MR) is 130 cm³/mol. The number of amides is 2. The minimum Gasteiger partial charge on any atom is -0.478 e. The third-order valence-corrected chi connectivity index (χ3v) is 6.46.